The van der Waals surface area contributed by atoms with Crippen LogP contribution < -0.4 is 10.6 Å². The van der Waals surface area contributed by atoms with E-state index in [9.17, 15) is 4.79 Å². The van der Waals surface area contributed by atoms with Gasteiger partial charge < -0.3 is 10.6 Å². The van der Waals surface area contributed by atoms with Crippen LogP contribution in [0.5, 0.6) is 0 Å². The molecule has 0 aliphatic heterocycles. The van der Waals surface area contributed by atoms with Gasteiger partial charge in [0.05, 0.1) is 5.39 Å². The highest BCUT2D eigenvalue weighted by Crippen LogP contribution is 2.32. The Kier molecular flexibility index (Phi) is 3.56. The molecule has 1 saturated carbocycles. The molecule has 0 spiro atoms. The smallest absolute Gasteiger partial charge is 0.221 e. The minimum Gasteiger partial charge on any atom is -0.369 e. The van der Waals surface area contributed by atoms with E-state index in [0.717, 1.165) is 28.9 Å². The standard InChI is InChI=1S/C14H18N4OS/c1-8-9(2)20-14-12(8)13(16-7-17-14)15-6-5-11(19)18-10-3-4-10/h7,10H,3-6H2,1-2H3,(H,18,19)(H,15,16,17). The number of rotatable bonds is 5. The van der Waals surface area contributed by atoms with Crippen molar-refractivity contribution in [3.63, 3.8) is 0 Å². The molecule has 5 nitrogen and oxygen atoms in total. The van der Waals surface area contributed by atoms with E-state index >= 15 is 0 Å². The van der Waals surface area contributed by atoms with Gasteiger partial charge in [-0.1, -0.05) is 0 Å². The minimum atomic E-state index is 0.114. The van der Waals surface area contributed by atoms with Gasteiger partial charge >= 0.3 is 0 Å². The van der Waals surface area contributed by atoms with Crippen LogP contribution in [0.1, 0.15) is 29.7 Å². The van der Waals surface area contributed by atoms with Gasteiger partial charge in [0.25, 0.3) is 0 Å². The number of hydrogen-bond acceptors (Lipinski definition) is 5. The van der Waals surface area contributed by atoms with Crippen LogP contribution in [0.15, 0.2) is 6.33 Å². The fourth-order valence-electron chi connectivity index (χ4n) is 2.14. The first kappa shape index (κ1) is 13.3. The largest absolute Gasteiger partial charge is 0.369 e. The second-order valence-corrected chi connectivity index (χ2v) is 6.41. The van der Waals surface area contributed by atoms with Crippen molar-refractivity contribution in [2.24, 2.45) is 0 Å². The predicted octanol–water partition coefficient (Wildman–Crippen LogP) is 2.39. The number of nitrogens with zero attached hydrogens (tertiary/aromatic N) is 2. The molecule has 6 heteroatoms. The van der Waals surface area contributed by atoms with Gasteiger partial charge in [-0.05, 0) is 32.3 Å². The van der Waals surface area contributed by atoms with Gasteiger partial charge in [-0.25, -0.2) is 9.97 Å². The van der Waals surface area contributed by atoms with E-state index in [0.29, 0.717) is 19.0 Å². The predicted molar refractivity (Wildman–Crippen MR) is 81.2 cm³/mol. The molecule has 106 valence electrons. The molecule has 2 aromatic rings. The van der Waals surface area contributed by atoms with Crippen LogP contribution in [-0.2, 0) is 4.79 Å². The van der Waals surface area contributed by atoms with E-state index in [2.05, 4.69) is 34.4 Å². The van der Waals surface area contributed by atoms with Gasteiger partial charge in [0.15, 0.2) is 0 Å². The molecule has 2 heterocycles. The molecule has 2 aromatic heterocycles. The molecular weight excluding hydrogens is 272 g/mol. The summed E-state index contributed by atoms with van der Waals surface area (Å²) in [6, 6.07) is 0.426. The lowest BCUT2D eigenvalue weighted by molar-refractivity contribution is -0.120. The maximum atomic E-state index is 11.6. The quantitative estimate of drug-likeness (QED) is 0.887. The lowest BCUT2D eigenvalue weighted by Gasteiger charge is -2.07. The third kappa shape index (κ3) is 2.75. The molecule has 0 saturated heterocycles. The summed E-state index contributed by atoms with van der Waals surface area (Å²) < 4.78 is 0. The number of nitrogens with one attached hydrogen (secondary N) is 2. The zero-order valence-corrected chi connectivity index (χ0v) is 12.5. The molecule has 1 aliphatic rings. The van der Waals surface area contributed by atoms with Crippen LogP contribution in [-0.4, -0.2) is 28.5 Å². The molecule has 20 heavy (non-hydrogen) atoms. The fraction of sp³-hybridized carbons (Fsp3) is 0.500. The molecule has 0 unspecified atom stereocenters. The summed E-state index contributed by atoms with van der Waals surface area (Å²) >= 11 is 1.68. The summed E-state index contributed by atoms with van der Waals surface area (Å²) in [5.41, 5.74) is 1.22. The molecule has 1 fully saturated rings. The highest BCUT2D eigenvalue weighted by atomic mass is 32.1. The Balaban J connectivity index is 1.66. The van der Waals surface area contributed by atoms with Gasteiger partial charge in [-0.2, -0.15) is 0 Å². The van der Waals surface area contributed by atoms with E-state index in [4.69, 9.17) is 0 Å². The van der Waals surface area contributed by atoms with Crippen molar-refractivity contribution in [2.45, 2.75) is 39.2 Å². The SMILES string of the molecule is Cc1sc2ncnc(NCCC(=O)NC3CC3)c2c1C. The first-order valence-corrected chi connectivity index (χ1v) is 7.70. The average Bonchev–Trinajstić information content (AvgIpc) is 3.17. The minimum absolute atomic E-state index is 0.114. The number of carbonyl (C=O) groups is 1. The van der Waals surface area contributed by atoms with Crippen LogP contribution in [0, 0.1) is 13.8 Å². The molecule has 0 aromatic carbocycles. The van der Waals surface area contributed by atoms with E-state index in [1.165, 1.54) is 10.4 Å². The Labute approximate surface area is 121 Å². The first-order chi connectivity index (χ1) is 9.65. The van der Waals surface area contributed by atoms with Gasteiger partial charge in [0, 0.05) is 23.9 Å². The number of aromatic nitrogens is 2. The highest BCUT2D eigenvalue weighted by Gasteiger charge is 2.22. The second kappa shape index (κ2) is 5.36. The van der Waals surface area contributed by atoms with Crippen molar-refractivity contribution in [3.05, 3.63) is 16.8 Å². The van der Waals surface area contributed by atoms with E-state index in [1.54, 1.807) is 17.7 Å². The Morgan fingerprint density at radius 2 is 2.20 bits per heavy atom. The van der Waals surface area contributed by atoms with E-state index in [1.807, 2.05) is 0 Å². The first-order valence-electron chi connectivity index (χ1n) is 6.89. The van der Waals surface area contributed by atoms with E-state index < -0.39 is 0 Å². The third-order valence-electron chi connectivity index (χ3n) is 3.55. The van der Waals surface area contributed by atoms with Crippen molar-refractivity contribution in [1.82, 2.24) is 15.3 Å². The Hall–Kier alpha value is -1.69. The van der Waals surface area contributed by atoms with Crippen molar-refractivity contribution in [2.75, 3.05) is 11.9 Å². The maximum Gasteiger partial charge on any atom is 0.221 e. The third-order valence-corrected chi connectivity index (χ3v) is 4.67. The zero-order chi connectivity index (χ0) is 14.1. The van der Waals surface area contributed by atoms with Crippen LogP contribution >= 0.6 is 11.3 Å². The summed E-state index contributed by atoms with van der Waals surface area (Å²) in [5, 5.41) is 7.33. The fourth-order valence-corrected chi connectivity index (χ4v) is 3.14. The normalized spacial score (nSPS) is 14.5. The molecule has 0 bridgehead atoms. The van der Waals surface area contributed by atoms with Crippen LogP contribution in [0.4, 0.5) is 5.82 Å². The molecule has 0 atom stereocenters. The number of aryl methyl sites for hydroxylation is 2. The highest BCUT2D eigenvalue weighted by molar-refractivity contribution is 7.18. The summed E-state index contributed by atoms with van der Waals surface area (Å²) in [6.07, 6.45) is 4.30. The molecule has 1 amide bonds. The number of anilines is 1. The topological polar surface area (TPSA) is 66.9 Å². The number of amides is 1. The van der Waals surface area contributed by atoms with Gasteiger partial charge in [-0.3, -0.25) is 4.79 Å². The summed E-state index contributed by atoms with van der Waals surface area (Å²) in [7, 11) is 0. The second-order valence-electron chi connectivity index (χ2n) is 5.20. The molecular formula is C14H18N4OS. The number of carbonyl (C=O) groups excluding carboxylic acids is 1. The van der Waals surface area contributed by atoms with Gasteiger partial charge in [0.1, 0.15) is 17.0 Å². The van der Waals surface area contributed by atoms with Crippen LogP contribution in [0.3, 0.4) is 0 Å². The van der Waals surface area contributed by atoms with Crippen molar-refractivity contribution < 1.29 is 4.79 Å². The zero-order valence-electron chi connectivity index (χ0n) is 11.7. The molecule has 2 N–H and O–H groups in total. The maximum absolute atomic E-state index is 11.6. The van der Waals surface area contributed by atoms with Crippen molar-refractivity contribution >= 4 is 33.3 Å². The molecule has 1 aliphatic carbocycles. The Morgan fingerprint density at radius 3 is 2.95 bits per heavy atom. The summed E-state index contributed by atoms with van der Waals surface area (Å²) in [6.45, 7) is 4.77. The Morgan fingerprint density at radius 1 is 1.40 bits per heavy atom. The summed E-state index contributed by atoms with van der Waals surface area (Å²) in [5.74, 6) is 0.944. The molecule has 3 rings (SSSR count). The summed E-state index contributed by atoms with van der Waals surface area (Å²) in [4.78, 5) is 22.5. The number of fused-ring (bicyclic) bond motifs is 1. The van der Waals surface area contributed by atoms with Crippen molar-refractivity contribution in [1.29, 1.82) is 0 Å². The van der Waals surface area contributed by atoms with Gasteiger partial charge in [-0.15, -0.1) is 11.3 Å². The monoisotopic (exact) mass is 290 g/mol. The molecule has 0 radical (unpaired) electrons. The average molecular weight is 290 g/mol. The lowest BCUT2D eigenvalue weighted by atomic mass is 10.2. The van der Waals surface area contributed by atoms with Crippen LogP contribution in [0.25, 0.3) is 10.2 Å². The lowest BCUT2D eigenvalue weighted by Crippen LogP contribution is -2.27. The van der Waals surface area contributed by atoms with Gasteiger partial charge in [0.2, 0.25) is 5.91 Å². The number of thiophene rings is 1. The van der Waals surface area contributed by atoms with E-state index in [-0.39, 0.29) is 5.91 Å². The van der Waals surface area contributed by atoms with Crippen LogP contribution in [0.2, 0.25) is 0 Å². The Bertz CT molecular complexity index is 648. The van der Waals surface area contributed by atoms with Crippen molar-refractivity contribution in [3.8, 4) is 0 Å². The number of hydrogen-bond donors (Lipinski definition) is 2.